The van der Waals surface area contributed by atoms with Gasteiger partial charge in [-0.15, -0.1) is 0 Å². The average Bonchev–Trinajstić information content (AvgIpc) is 2.63. The van der Waals surface area contributed by atoms with Crippen molar-refractivity contribution in [2.24, 2.45) is 23.7 Å². The van der Waals surface area contributed by atoms with Crippen LogP contribution in [0.5, 0.6) is 0 Å². The number of rotatable bonds is 8. The summed E-state index contributed by atoms with van der Waals surface area (Å²) in [6.07, 6.45) is 13.4. The van der Waals surface area contributed by atoms with E-state index in [1.807, 2.05) is 0 Å². The van der Waals surface area contributed by atoms with Crippen LogP contribution in [0.3, 0.4) is 0 Å². The van der Waals surface area contributed by atoms with Gasteiger partial charge in [0, 0.05) is 26.4 Å². The van der Waals surface area contributed by atoms with Gasteiger partial charge in [-0.05, 0) is 87.9 Å². The smallest absolute Gasteiger partial charge is 0.0543 e. The van der Waals surface area contributed by atoms with E-state index in [9.17, 15) is 10.2 Å². The van der Waals surface area contributed by atoms with Gasteiger partial charge in [-0.25, -0.2) is 0 Å². The second kappa shape index (κ2) is 11.0. The van der Waals surface area contributed by atoms with E-state index in [0.29, 0.717) is 23.7 Å². The van der Waals surface area contributed by atoms with Crippen LogP contribution < -0.4 is 0 Å². The van der Waals surface area contributed by atoms with Crippen molar-refractivity contribution in [1.29, 1.82) is 0 Å². The van der Waals surface area contributed by atoms with Crippen LogP contribution in [0.15, 0.2) is 0 Å². The summed E-state index contributed by atoms with van der Waals surface area (Å²) in [6.45, 7) is 3.49. The van der Waals surface area contributed by atoms with E-state index in [-0.39, 0.29) is 12.2 Å². The van der Waals surface area contributed by atoms with Gasteiger partial charge in [0.25, 0.3) is 0 Å². The lowest BCUT2D eigenvalue weighted by molar-refractivity contribution is 0.00526. The van der Waals surface area contributed by atoms with Gasteiger partial charge in [-0.2, -0.15) is 0 Å². The summed E-state index contributed by atoms with van der Waals surface area (Å²) in [5.74, 6) is 2.57. The lowest BCUT2D eigenvalue weighted by atomic mass is 9.82. The third kappa shape index (κ3) is 7.10. The molecule has 4 atom stereocenters. The fraction of sp³-hybridized carbons (Fsp3) is 1.00. The van der Waals surface area contributed by atoms with Crippen molar-refractivity contribution in [3.63, 3.8) is 0 Å². The molecule has 0 aromatic heterocycles. The van der Waals surface area contributed by atoms with Gasteiger partial charge in [0.15, 0.2) is 0 Å². The molecule has 0 saturated heterocycles. The molecule has 0 amide bonds. The number of aliphatic hydroxyl groups is 2. The van der Waals surface area contributed by atoms with Gasteiger partial charge in [-0.3, -0.25) is 0 Å². The first-order chi connectivity index (χ1) is 12.7. The number of hydrogen-bond donors (Lipinski definition) is 2. The van der Waals surface area contributed by atoms with Crippen molar-refractivity contribution in [1.82, 2.24) is 0 Å². The zero-order chi connectivity index (χ0) is 18.2. The Morgan fingerprint density at radius 2 is 0.885 bits per heavy atom. The Morgan fingerprint density at radius 3 is 1.27 bits per heavy atom. The average molecular weight is 369 g/mol. The Morgan fingerprint density at radius 1 is 0.500 bits per heavy atom. The molecule has 0 aromatic carbocycles. The van der Waals surface area contributed by atoms with Crippen LogP contribution >= 0.6 is 0 Å². The predicted octanol–water partition coefficient (Wildman–Crippen LogP) is 3.93. The second-order valence-corrected chi connectivity index (χ2v) is 9.33. The minimum atomic E-state index is -0.0929. The molecule has 0 spiro atoms. The Bertz CT molecular complexity index is 344. The monoisotopic (exact) mass is 368 g/mol. The molecule has 3 saturated carbocycles. The molecule has 0 bridgehead atoms. The van der Waals surface area contributed by atoms with Gasteiger partial charge in [0.1, 0.15) is 0 Å². The molecular formula is C22H40O4. The zero-order valence-electron chi connectivity index (χ0n) is 16.5. The number of ether oxygens (including phenoxy) is 2. The van der Waals surface area contributed by atoms with Crippen LogP contribution in [-0.2, 0) is 9.47 Å². The molecule has 152 valence electrons. The molecule has 4 nitrogen and oxygen atoms in total. The van der Waals surface area contributed by atoms with E-state index in [1.165, 1.54) is 38.5 Å². The van der Waals surface area contributed by atoms with E-state index < -0.39 is 0 Å². The Hall–Kier alpha value is -0.160. The van der Waals surface area contributed by atoms with Crippen molar-refractivity contribution in [3.05, 3.63) is 0 Å². The van der Waals surface area contributed by atoms with Crippen LogP contribution in [0.25, 0.3) is 0 Å². The molecule has 4 unspecified atom stereocenters. The van der Waals surface area contributed by atoms with E-state index in [2.05, 4.69) is 0 Å². The summed E-state index contributed by atoms with van der Waals surface area (Å²) >= 11 is 0. The lowest BCUT2D eigenvalue weighted by Crippen LogP contribution is -2.27. The maximum absolute atomic E-state index is 9.74. The van der Waals surface area contributed by atoms with Crippen LogP contribution in [0, 0.1) is 23.7 Å². The molecule has 3 fully saturated rings. The highest BCUT2D eigenvalue weighted by atomic mass is 16.5. The topological polar surface area (TPSA) is 58.9 Å². The standard InChI is InChI=1S/C22H40O4/c23-21-5-1-3-19(11-21)15-25-13-17-7-9-18(10-8-17)14-26-16-20-4-2-6-22(24)12-20/h17-24H,1-16H2. The molecule has 2 N–H and O–H groups in total. The second-order valence-electron chi connectivity index (χ2n) is 9.33. The van der Waals surface area contributed by atoms with Crippen molar-refractivity contribution in [3.8, 4) is 0 Å². The molecule has 4 heteroatoms. The molecular weight excluding hydrogens is 328 g/mol. The van der Waals surface area contributed by atoms with E-state index in [0.717, 1.165) is 65.0 Å². The first-order valence-corrected chi connectivity index (χ1v) is 11.2. The van der Waals surface area contributed by atoms with Gasteiger partial charge >= 0.3 is 0 Å². The molecule has 0 aromatic rings. The minimum absolute atomic E-state index is 0.0929. The molecule has 0 heterocycles. The highest BCUT2D eigenvalue weighted by molar-refractivity contribution is 4.75. The van der Waals surface area contributed by atoms with Crippen molar-refractivity contribution in [2.75, 3.05) is 26.4 Å². The summed E-state index contributed by atoms with van der Waals surface area (Å²) in [7, 11) is 0. The fourth-order valence-electron chi connectivity index (χ4n) is 5.20. The van der Waals surface area contributed by atoms with Gasteiger partial charge < -0.3 is 19.7 Å². The fourth-order valence-corrected chi connectivity index (χ4v) is 5.20. The van der Waals surface area contributed by atoms with Gasteiger partial charge in [0.05, 0.1) is 12.2 Å². The van der Waals surface area contributed by atoms with Crippen molar-refractivity contribution in [2.45, 2.75) is 89.3 Å². The van der Waals surface area contributed by atoms with Gasteiger partial charge in [0.2, 0.25) is 0 Å². The normalized spacial score (nSPS) is 39.0. The number of hydrogen-bond acceptors (Lipinski definition) is 4. The Labute approximate surface area is 159 Å². The molecule has 26 heavy (non-hydrogen) atoms. The first kappa shape index (κ1) is 20.6. The van der Waals surface area contributed by atoms with Gasteiger partial charge in [-0.1, -0.05) is 12.8 Å². The summed E-state index contributed by atoms with van der Waals surface area (Å²) in [5.41, 5.74) is 0. The summed E-state index contributed by atoms with van der Waals surface area (Å²) in [5, 5.41) is 19.5. The molecule has 3 rings (SSSR count). The summed E-state index contributed by atoms with van der Waals surface area (Å²) < 4.78 is 12.0. The number of aliphatic hydroxyl groups excluding tert-OH is 2. The SMILES string of the molecule is OC1CCCC(COCC2CCC(COCC3CCCC(O)C3)CC2)C1. The van der Waals surface area contributed by atoms with Crippen LogP contribution in [0.2, 0.25) is 0 Å². The third-order valence-corrected chi connectivity index (χ3v) is 6.89. The van der Waals surface area contributed by atoms with E-state index in [1.54, 1.807) is 0 Å². The lowest BCUT2D eigenvalue weighted by Gasteiger charge is -2.30. The van der Waals surface area contributed by atoms with Crippen LogP contribution in [0.1, 0.15) is 77.0 Å². The summed E-state index contributed by atoms with van der Waals surface area (Å²) in [6, 6.07) is 0. The zero-order valence-corrected chi connectivity index (χ0v) is 16.5. The predicted molar refractivity (Wildman–Crippen MR) is 103 cm³/mol. The largest absolute Gasteiger partial charge is 0.393 e. The van der Waals surface area contributed by atoms with Crippen LogP contribution in [-0.4, -0.2) is 48.8 Å². The quantitative estimate of drug-likeness (QED) is 0.681. The Balaban J connectivity index is 1.20. The highest BCUT2D eigenvalue weighted by Crippen LogP contribution is 2.31. The highest BCUT2D eigenvalue weighted by Gasteiger charge is 2.25. The molecule has 0 aliphatic heterocycles. The molecule has 0 radical (unpaired) electrons. The van der Waals surface area contributed by atoms with Crippen molar-refractivity contribution >= 4 is 0 Å². The maximum atomic E-state index is 9.74. The van der Waals surface area contributed by atoms with Crippen LogP contribution in [0.4, 0.5) is 0 Å². The maximum Gasteiger partial charge on any atom is 0.0543 e. The van der Waals surface area contributed by atoms with Crippen molar-refractivity contribution < 1.29 is 19.7 Å². The third-order valence-electron chi connectivity index (χ3n) is 6.89. The summed E-state index contributed by atoms with van der Waals surface area (Å²) in [4.78, 5) is 0. The van der Waals surface area contributed by atoms with E-state index >= 15 is 0 Å². The first-order valence-electron chi connectivity index (χ1n) is 11.2. The minimum Gasteiger partial charge on any atom is -0.393 e. The molecule has 3 aliphatic carbocycles. The molecule has 3 aliphatic rings. The van der Waals surface area contributed by atoms with E-state index in [4.69, 9.17) is 9.47 Å². The Kier molecular flexibility index (Phi) is 8.70.